The van der Waals surface area contributed by atoms with Gasteiger partial charge in [-0.25, -0.2) is 0 Å². The van der Waals surface area contributed by atoms with E-state index in [1.54, 1.807) is 23.1 Å². The summed E-state index contributed by atoms with van der Waals surface area (Å²) in [6.45, 7) is 4.90. The van der Waals surface area contributed by atoms with E-state index < -0.39 is 0 Å². The molecule has 2 aliphatic rings. The lowest BCUT2D eigenvalue weighted by molar-refractivity contribution is -0.127. The highest BCUT2D eigenvalue weighted by Crippen LogP contribution is 2.40. The largest absolute Gasteiger partial charge is 0.454 e. The third-order valence-electron chi connectivity index (χ3n) is 5.25. The van der Waals surface area contributed by atoms with E-state index in [1.807, 2.05) is 31.2 Å². The van der Waals surface area contributed by atoms with Crippen LogP contribution in [0.4, 0.5) is 5.69 Å². The van der Waals surface area contributed by atoms with Gasteiger partial charge in [-0.2, -0.15) is 0 Å². The average Bonchev–Trinajstić information content (AvgIpc) is 3.23. The number of nitrogens with one attached hydrogen (secondary N) is 1. The number of carbonyl (C=O) groups excluding carboxylic acids is 2. The topological polar surface area (TPSA) is 71.1 Å². The Morgan fingerprint density at radius 2 is 1.84 bits per heavy atom. The first kappa shape index (κ1) is 21.2. The summed E-state index contributed by atoms with van der Waals surface area (Å²) in [5.41, 5.74) is 2.71. The van der Waals surface area contributed by atoms with Gasteiger partial charge in [0.1, 0.15) is 0 Å². The van der Waals surface area contributed by atoms with Crippen molar-refractivity contribution in [1.29, 1.82) is 0 Å². The Morgan fingerprint density at radius 3 is 2.58 bits per heavy atom. The molecule has 162 valence electrons. The fourth-order valence-corrected chi connectivity index (χ4v) is 3.80. The number of fused-ring (bicyclic) bond motifs is 1. The van der Waals surface area contributed by atoms with Gasteiger partial charge in [0.05, 0.1) is 11.6 Å². The Labute approximate surface area is 186 Å². The number of amides is 2. The molecule has 31 heavy (non-hydrogen) atoms. The van der Waals surface area contributed by atoms with Gasteiger partial charge in [-0.05, 0) is 42.8 Å². The molecular weight excluding hydrogens is 418 g/mol. The van der Waals surface area contributed by atoms with Crippen molar-refractivity contribution in [2.75, 3.05) is 44.8 Å². The van der Waals surface area contributed by atoms with Crippen LogP contribution in [0.25, 0.3) is 6.08 Å². The monoisotopic (exact) mass is 441 g/mol. The third-order valence-corrected chi connectivity index (χ3v) is 5.54. The normalized spacial score (nSPS) is 16.0. The van der Waals surface area contributed by atoms with Crippen molar-refractivity contribution in [3.05, 3.63) is 58.6 Å². The van der Waals surface area contributed by atoms with Gasteiger partial charge in [0.25, 0.3) is 0 Å². The van der Waals surface area contributed by atoms with E-state index in [1.165, 1.54) is 6.08 Å². The van der Waals surface area contributed by atoms with Crippen LogP contribution >= 0.6 is 11.6 Å². The molecular formula is C23H24ClN3O4. The number of carbonyl (C=O) groups is 2. The lowest BCUT2D eigenvalue weighted by atomic mass is 10.2. The van der Waals surface area contributed by atoms with Crippen LogP contribution in [0.1, 0.15) is 11.1 Å². The summed E-state index contributed by atoms with van der Waals surface area (Å²) in [5.74, 6) is 0.991. The Bertz CT molecular complexity index is 999. The van der Waals surface area contributed by atoms with Crippen LogP contribution < -0.4 is 14.8 Å². The highest BCUT2D eigenvalue weighted by molar-refractivity contribution is 6.32. The molecule has 4 rings (SSSR count). The number of rotatable bonds is 5. The van der Waals surface area contributed by atoms with Crippen LogP contribution in [0, 0.1) is 6.92 Å². The molecule has 2 amide bonds. The van der Waals surface area contributed by atoms with Gasteiger partial charge in [-0.15, -0.1) is 0 Å². The second-order valence-electron chi connectivity index (χ2n) is 7.59. The lowest BCUT2D eigenvalue weighted by Gasteiger charge is -2.33. The molecule has 8 heteroatoms. The molecule has 0 atom stereocenters. The number of piperazine rings is 1. The third kappa shape index (κ3) is 5.37. The fourth-order valence-electron chi connectivity index (χ4n) is 3.52. The van der Waals surface area contributed by atoms with Gasteiger partial charge in [0.15, 0.2) is 11.5 Å². The second-order valence-corrected chi connectivity index (χ2v) is 7.99. The zero-order valence-electron chi connectivity index (χ0n) is 17.3. The molecule has 0 radical (unpaired) electrons. The first-order valence-electron chi connectivity index (χ1n) is 10.1. The van der Waals surface area contributed by atoms with E-state index in [9.17, 15) is 9.59 Å². The minimum Gasteiger partial charge on any atom is -0.454 e. The van der Waals surface area contributed by atoms with E-state index >= 15 is 0 Å². The summed E-state index contributed by atoms with van der Waals surface area (Å²) < 4.78 is 10.6. The number of aryl methyl sites for hydroxylation is 1. The van der Waals surface area contributed by atoms with E-state index in [-0.39, 0.29) is 18.6 Å². The lowest BCUT2D eigenvalue weighted by Crippen LogP contribution is -2.50. The Hall–Kier alpha value is -3.03. The summed E-state index contributed by atoms with van der Waals surface area (Å²) in [6.07, 6.45) is 3.26. The first-order valence-corrected chi connectivity index (χ1v) is 10.5. The SMILES string of the molecule is Cc1ccc(NC(=O)CN2CCN(C(=O)C=Cc3cc(Cl)c4c(c3)OCO4)CC2)cc1. The predicted octanol–water partition coefficient (Wildman–Crippen LogP) is 3.17. The molecule has 7 nitrogen and oxygen atoms in total. The minimum absolute atomic E-state index is 0.0526. The van der Waals surface area contributed by atoms with Gasteiger partial charge in [0.2, 0.25) is 18.6 Å². The molecule has 0 spiro atoms. The van der Waals surface area contributed by atoms with Crippen LogP contribution in [0.3, 0.4) is 0 Å². The van der Waals surface area contributed by atoms with Crippen molar-refractivity contribution in [2.24, 2.45) is 0 Å². The maximum absolute atomic E-state index is 12.5. The quantitative estimate of drug-likeness (QED) is 0.721. The Morgan fingerprint density at radius 1 is 1.10 bits per heavy atom. The predicted molar refractivity (Wildman–Crippen MR) is 119 cm³/mol. The van der Waals surface area contributed by atoms with Crippen molar-refractivity contribution in [3.63, 3.8) is 0 Å². The fraction of sp³-hybridized carbons (Fsp3) is 0.304. The molecule has 0 aromatic heterocycles. The van der Waals surface area contributed by atoms with Crippen molar-refractivity contribution in [3.8, 4) is 11.5 Å². The number of hydrogen-bond donors (Lipinski definition) is 1. The van der Waals surface area contributed by atoms with Gasteiger partial charge in [-0.3, -0.25) is 14.5 Å². The van der Waals surface area contributed by atoms with Crippen molar-refractivity contribution < 1.29 is 19.1 Å². The van der Waals surface area contributed by atoms with Gasteiger partial charge < -0.3 is 19.7 Å². The number of nitrogens with zero attached hydrogens (tertiary/aromatic N) is 2. The summed E-state index contributed by atoms with van der Waals surface area (Å²) in [6, 6.07) is 11.2. The van der Waals surface area contributed by atoms with E-state index in [4.69, 9.17) is 21.1 Å². The number of halogens is 1. The summed E-state index contributed by atoms with van der Waals surface area (Å²) in [7, 11) is 0. The molecule has 0 aliphatic carbocycles. The highest BCUT2D eigenvalue weighted by atomic mass is 35.5. The molecule has 2 aliphatic heterocycles. The molecule has 2 heterocycles. The number of ether oxygens (including phenoxy) is 2. The van der Waals surface area contributed by atoms with E-state index in [2.05, 4.69) is 10.2 Å². The Balaban J connectivity index is 1.25. The maximum atomic E-state index is 12.5. The number of hydrogen-bond acceptors (Lipinski definition) is 5. The minimum atomic E-state index is -0.0717. The van der Waals surface area contributed by atoms with Crippen molar-refractivity contribution in [2.45, 2.75) is 6.92 Å². The molecule has 2 aromatic carbocycles. The summed E-state index contributed by atoms with van der Waals surface area (Å²) in [5, 5.41) is 3.37. The van der Waals surface area contributed by atoms with E-state index in [0.717, 1.165) is 16.8 Å². The van der Waals surface area contributed by atoms with Gasteiger partial charge in [0, 0.05) is 37.9 Å². The van der Waals surface area contributed by atoms with Crippen molar-refractivity contribution in [1.82, 2.24) is 9.80 Å². The van der Waals surface area contributed by atoms with E-state index in [0.29, 0.717) is 49.2 Å². The second kappa shape index (κ2) is 9.41. The van der Waals surface area contributed by atoms with Crippen LogP contribution in [0.15, 0.2) is 42.5 Å². The molecule has 0 saturated carbocycles. The van der Waals surface area contributed by atoms with Crippen LogP contribution in [0.5, 0.6) is 11.5 Å². The van der Waals surface area contributed by atoms with Crippen LogP contribution in [-0.4, -0.2) is 61.1 Å². The zero-order valence-corrected chi connectivity index (χ0v) is 18.0. The van der Waals surface area contributed by atoms with Gasteiger partial charge in [-0.1, -0.05) is 29.3 Å². The van der Waals surface area contributed by atoms with Crippen molar-refractivity contribution >= 4 is 35.2 Å². The number of benzene rings is 2. The maximum Gasteiger partial charge on any atom is 0.246 e. The zero-order chi connectivity index (χ0) is 21.8. The van der Waals surface area contributed by atoms with Gasteiger partial charge >= 0.3 is 0 Å². The first-order chi connectivity index (χ1) is 15.0. The van der Waals surface area contributed by atoms with Crippen LogP contribution in [0.2, 0.25) is 5.02 Å². The molecule has 2 aromatic rings. The molecule has 1 saturated heterocycles. The Kier molecular flexibility index (Phi) is 6.44. The molecule has 1 fully saturated rings. The highest BCUT2D eigenvalue weighted by Gasteiger charge is 2.22. The summed E-state index contributed by atoms with van der Waals surface area (Å²) in [4.78, 5) is 28.6. The molecule has 0 unspecified atom stereocenters. The standard InChI is InChI=1S/C23H24ClN3O4/c1-16-2-5-18(6-3-16)25-21(28)14-26-8-10-27(11-9-26)22(29)7-4-17-12-19(24)23-20(13-17)30-15-31-23/h2-7,12-13H,8-11,14-15H2,1H3,(H,25,28). The smallest absolute Gasteiger partial charge is 0.246 e. The number of anilines is 1. The van der Waals surface area contributed by atoms with Crippen LogP contribution in [-0.2, 0) is 9.59 Å². The summed E-state index contributed by atoms with van der Waals surface area (Å²) >= 11 is 6.18. The molecule has 1 N–H and O–H groups in total. The average molecular weight is 442 g/mol. The molecule has 0 bridgehead atoms.